The Morgan fingerprint density at radius 1 is 1.15 bits per heavy atom. The first-order valence-electron chi connectivity index (χ1n) is 10.4. The van der Waals surface area contributed by atoms with Gasteiger partial charge < -0.3 is 15.1 Å². The summed E-state index contributed by atoms with van der Waals surface area (Å²) in [5.41, 5.74) is 2.31. The molecule has 2 aliphatic heterocycles. The van der Waals surface area contributed by atoms with Gasteiger partial charge in [0.2, 0.25) is 5.91 Å². The van der Waals surface area contributed by atoms with Crippen LogP contribution in [0.4, 0.5) is 10.5 Å². The van der Waals surface area contributed by atoms with Crippen LogP contribution in [0.1, 0.15) is 63.9 Å². The molecule has 146 valence electrons. The summed E-state index contributed by atoms with van der Waals surface area (Å²) in [6.45, 7) is 6.75. The van der Waals surface area contributed by atoms with Crippen molar-refractivity contribution in [1.29, 1.82) is 0 Å². The Bertz CT molecular complexity index is 718. The van der Waals surface area contributed by atoms with Gasteiger partial charge in [0, 0.05) is 37.8 Å². The second-order valence-electron chi connectivity index (χ2n) is 8.91. The van der Waals surface area contributed by atoms with E-state index in [9.17, 15) is 9.59 Å². The second kappa shape index (κ2) is 7.17. The van der Waals surface area contributed by atoms with Crippen LogP contribution >= 0.6 is 0 Å². The third kappa shape index (κ3) is 3.83. The lowest BCUT2D eigenvalue weighted by molar-refractivity contribution is -0.139. The number of benzene rings is 1. The minimum atomic E-state index is 0.00360. The number of anilines is 1. The summed E-state index contributed by atoms with van der Waals surface area (Å²) >= 11 is 0. The van der Waals surface area contributed by atoms with Gasteiger partial charge in [0.15, 0.2) is 0 Å². The Balaban J connectivity index is 1.36. The lowest BCUT2D eigenvalue weighted by Crippen LogP contribution is -2.53. The Morgan fingerprint density at radius 3 is 2.52 bits per heavy atom. The summed E-state index contributed by atoms with van der Waals surface area (Å²) in [6.07, 6.45) is 6.02. The molecule has 3 aliphatic rings. The number of rotatable bonds is 3. The molecule has 5 nitrogen and oxygen atoms in total. The van der Waals surface area contributed by atoms with Crippen molar-refractivity contribution in [2.75, 3.05) is 25.0 Å². The number of piperidine rings is 2. The van der Waals surface area contributed by atoms with Gasteiger partial charge in [0.05, 0.1) is 0 Å². The number of carbonyl (C=O) groups is 2. The van der Waals surface area contributed by atoms with Gasteiger partial charge in [-0.05, 0) is 55.1 Å². The zero-order valence-electron chi connectivity index (χ0n) is 16.5. The number of nitrogens with one attached hydrogen (secondary N) is 1. The second-order valence-corrected chi connectivity index (χ2v) is 8.91. The molecule has 1 aromatic carbocycles. The van der Waals surface area contributed by atoms with E-state index in [0.717, 1.165) is 44.6 Å². The normalized spacial score (nSPS) is 22.4. The molecule has 4 rings (SSSR count). The molecule has 0 aromatic heterocycles. The first-order valence-corrected chi connectivity index (χ1v) is 10.4. The van der Waals surface area contributed by atoms with E-state index in [-0.39, 0.29) is 11.4 Å². The Morgan fingerprint density at radius 2 is 1.85 bits per heavy atom. The molecular weight excluding hydrogens is 338 g/mol. The molecule has 2 heterocycles. The van der Waals surface area contributed by atoms with E-state index >= 15 is 0 Å². The van der Waals surface area contributed by atoms with Gasteiger partial charge in [-0.2, -0.15) is 0 Å². The average molecular weight is 370 g/mol. The Kier molecular flexibility index (Phi) is 4.87. The van der Waals surface area contributed by atoms with Crippen molar-refractivity contribution in [2.45, 2.75) is 64.3 Å². The zero-order chi connectivity index (χ0) is 19.0. The van der Waals surface area contributed by atoms with Crippen LogP contribution in [0.3, 0.4) is 0 Å². The smallest absolute Gasteiger partial charge is 0.321 e. The van der Waals surface area contributed by atoms with Gasteiger partial charge >= 0.3 is 6.03 Å². The van der Waals surface area contributed by atoms with E-state index in [1.54, 1.807) is 0 Å². The summed E-state index contributed by atoms with van der Waals surface area (Å²) in [5, 5.41) is 3.12. The van der Waals surface area contributed by atoms with Crippen LogP contribution in [0.5, 0.6) is 0 Å². The monoisotopic (exact) mass is 369 g/mol. The molecule has 1 saturated carbocycles. The van der Waals surface area contributed by atoms with Gasteiger partial charge in [0.25, 0.3) is 0 Å². The van der Waals surface area contributed by atoms with Crippen LogP contribution in [0.25, 0.3) is 0 Å². The number of carbonyl (C=O) groups excluding carboxylic acids is 2. The minimum Gasteiger partial charge on any atom is -0.339 e. The van der Waals surface area contributed by atoms with Gasteiger partial charge in [-0.25, -0.2) is 4.79 Å². The summed E-state index contributed by atoms with van der Waals surface area (Å²) in [7, 11) is 0. The molecule has 1 aromatic rings. The number of hydrogen-bond acceptors (Lipinski definition) is 2. The van der Waals surface area contributed by atoms with Crippen molar-refractivity contribution in [1.82, 2.24) is 9.80 Å². The largest absolute Gasteiger partial charge is 0.339 e. The maximum Gasteiger partial charge on any atom is 0.321 e. The van der Waals surface area contributed by atoms with E-state index in [0.29, 0.717) is 24.3 Å². The first-order chi connectivity index (χ1) is 13.0. The van der Waals surface area contributed by atoms with Crippen LogP contribution < -0.4 is 5.32 Å². The van der Waals surface area contributed by atoms with Gasteiger partial charge in [-0.1, -0.05) is 32.0 Å². The van der Waals surface area contributed by atoms with Crippen molar-refractivity contribution in [3.05, 3.63) is 29.8 Å². The molecule has 1 spiro atoms. The maximum absolute atomic E-state index is 12.8. The summed E-state index contributed by atoms with van der Waals surface area (Å²) in [4.78, 5) is 29.1. The number of likely N-dealkylation sites (tertiary alicyclic amines) is 2. The van der Waals surface area contributed by atoms with Gasteiger partial charge in [-0.3, -0.25) is 4.79 Å². The van der Waals surface area contributed by atoms with E-state index in [1.807, 2.05) is 23.1 Å². The van der Waals surface area contributed by atoms with Crippen LogP contribution in [0.2, 0.25) is 0 Å². The van der Waals surface area contributed by atoms with Crippen molar-refractivity contribution < 1.29 is 9.59 Å². The zero-order valence-corrected chi connectivity index (χ0v) is 16.5. The molecule has 1 aliphatic carbocycles. The predicted molar refractivity (Wildman–Crippen MR) is 107 cm³/mol. The third-order valence-electron chi connectivity index (χ3n) is 6.62. The maximum atomic E-state index is 12.8. The molecule has 0 bridgehead atoms. The lowest BCUT2D eigenvalue weighted by atomic mass is 9.72. The quantitative estimate of drug-likeness (QED) is 0.868. The summed E-state index contributed by atoms with van der Waals surface area (Å²) in [6, 6.07) is 8.56. The van der Waals surface area contributed by atoms with Crippen molar-refractivity contribution in [2.24, 2.45) is 5.41 Å². The highest BCUT2D eigenvalue weighted by Gasteiger charge is 2.45. The first kappa shape index (κ1) is 18.3. The van der Waals surface area contributed by atoms with Crippen LogP contribution in [0.15, 0.2) is 24.3 Å². The number of hydrogen-bond donors (Lipinski definition) is 1. The summed E-state index contributed by atoms with van der Waals surface area (Å²) in [5.74, 6) is 0.716. The van der Waals surface area contributed by atoms with E-state index in [1.165, 1.54) is 18.4 Å². The van der Waals surface area contributed by atoms with Gasteiger partial charge in [0.1, 0.15) is 0 Å². The standard InChI is InChI=1S/C22H31N3O2/c1-16(2)18-5-3-4-6-19(18)23-21(27)24-13-11-22(12-14-24)10-9-20(26)25(15-22)17-7-8-17/h3-6,16-17H,7-15H2,1-2H3,(H,23,27). The van der Waals surface area contributed by atoms with E-state index < -0.39 is 0 Å². The molecule has 0 radical (unpaired) electrons. The minimum absolute atomic E-state index is 0.00360. The molecule has 5 heteroatoms. The predicted octanol–water partition coefficient (Wildman–Crippen LogP) is 4.21. The number of nitrogens with zero attached hydrogens (tertiary/aromatic N) is 2. The SMILES string of the molecule is CC(C)c1ccccc1NC(=O)N1CCC2(CCC(=O)N(C3CC3)C2)CC1. The fourth-order valence-corrected chi connectivity index (χ4v) is 4.66. The topological polar surface area (TPSA) is 52.7 Å². The molecular formula is C22H31N3O2. The van der Waals surface area contributed by atoms with Crippen LogP contribution in [-0.2, 0) is 4.79 Å². The lowest BCUT2D eigenvalue weighted by Gasteiger charge is -2.47. The molecule has 27 heavy (non-hydrogen) atoms. The van der Waals surface area contributed by atoms with E-state index in [4.69, 9.17) is 0 Å². The van der Waals surface area contributed by atoms with Crippen molar-refractivity contribution in [3.8, 4) is 0 Å². The number of para-hydroxylation sites is 1. The molecule has 1 N–H and O–H groups in total. The molecule has 3 amide bonds. The van der Waals surface area contributed by atoms with Crippen molar-refractivity contribution >= 4 is 17.6 Å². The number of urea groups is 1. The molecule has 0 unspecified atom stereocenters. The fraction of sp³-hybridized carbons (Fsp3) is 0.636. The van der Waals surface area contributed by atoms with Crippen LogP contribution in [0, 0.1) is 5.41 Å². The summed E-state index contributed by atoms with van der Waals surface area (Å²) < 4.78 is 0. The molecule has 0 atom stereocenters. The fourth-order valence-electron chi connectivity index (χ4n) is 4.66. The highest BCUT2D eigenvalue weighted by atomic mass is 16.2. The highest BCUT2D eigenvalue weighted by Crippen LogP contribution is 2.43. The Hall–Kier alpha value is -2.04. The Labute approximate surface area is 162 Å². The highest BCUT2D eigenvalue weighted by molar-refractivity contribution is 5.90. The van der Waals surface area contributed by atoms with Gasteiger partial charge in [-0.15, -0.1) is 0 Å². The van der Waals surface area contributed by atoms with Crippen LogP contribution in [-0.4, -0.2) is 47.4 Å². The number of amides is 3. The van der Waals surface area contributed by atoms with E-state index in [2.05, 4.69) is 30.1 Å². The third-order valence-corrected chi connectivity index (χ3v) is 6.62. The van der Waals surface area contributed by atoms with Crippen molar-refractivity contribution in [3.63, 3.8) is 0 Å². The molecule has 3 fully saturated rings. The average Bonchev–Trinajstić information content (AvgIpc) is 3.50. The molecule has 2 saturated heterocycles.